The van der Waals surface area contributed by atoms with E-state index in [2.05, 4.69) is 33.7 Å². The molecule has 3 heterocycles. The van der Waals surface area contributed by atoms with E-state index in [1.165, 1.54) is 12.4 Å². The van der Waals surface area contributed by atoms with Gasteiger partial charge in [0.1, 0.15) is 23.5 Å². The number of carbonyl (C=O) groups excluding carboxylic acids is 2. The van der Waals surface area contributed by atoms with Gasteiger partial charge in [-0.05, 0) is 50.2 Å². The first kappa shape index (κ1) is 23.6. The second-order valence-electron chi connectivity index (χ2n) is 9.52. The number of fused-ring (bicyclic) bond motifs is 1. The van der Waals surface area contributed by atoms with Gasteiger partial charge in [0.15, 0.2) is 0 Å². The number of likely N-dealkylation sites (tertiary alicyclic amines) is 1. The van der Waals surface area contributed by atoms with E-state index in [1.807, 2.05) is 41.8 Å². The van der Waals surface area contributed by atoms with E-state index in [4.69, 9.17) is 5.73 Å². The van der Waals surface area contributed by atoms with Crippen molar-refractivity contribution in [1.29, 1.82) is 0 Å². The lowest BCUT2D eigenvalue weighted by Gasteiger charge is -2.19. The lowest BCUT2D eigenvalue weighted by Crippen LogP contribution is -2.32. The Balaban J connectivity index is 1.56. The molecule has 36 heavy (non-hydrogen) atoms. The van der Waals surface area contributed by atoms with Crippen molar-refractivity contribution in [2.24, 2.45) is 5.92 Å². The molecule has 0 bridgehead atoms. The predicted molar refractivity (Wildman–Crippen MR) is 139 cm³/mol. The highest BCUT2D eigenvalue weighted by atomic mass is 16.2. The molecule has 0 spiro atoms. The number of carbonyl (C=O) groups is 2. The van der Waals surface area contributed by atoms with Gasteiger partial charge in [-0.25, -0.2) is 9.97 Å². The van der Waals surface area contributed by atoms with Crippen molar-refractivity contribution in [2.75, 3.05) is 18.8 Å². The molecule has 2 aromatic heterocycles. The summed E-state index contributed by atoms with van der Waals surface area (Å²) < 4.78 is 2.00. The summed E-state index contributed by atoms with van der Waals surface area (Å²) in [4.78, 5) is 36.6. The quantitative estimate of drug-likeness (QED) is 0.415. The average molecular weight is 483 g/mol. The number of hydrogen-bond acceptors (Lipinski definition) is 5. The van der Waals surface area contributed by atoms with Gasteiger partial charge in [0.25, 0.3) is 5.91 Å². The highest BCUT2D eigenvalue weighted by Crippen LogP contribution is 2.36. The number of hydrogen-bond donors (Lipinski definition) is 2. The van der Waals surface area contributed by atoms with Gasteiger partial charge >= 0.3 is 0 Å². The zero-order chi connectivity index (χ0) is 25.2. The third kappa shape index (κ3) is 4.57. The van der Waals surface area contributed by atoms with Gasteiger partial charge in [-0.15, -0.1) is 0 Å². The summed E-state index contributed by atoms with van der Waals surface area (Å²) >= 11 is 0. The van der Waals surface area contributed by atoms with Gasteiger partial charge < -0.3 is 20.5 Å². The minimum absolute atomic E-state index is 0.0181. The fraction of sp³-hybridized carbons (Fsp3) is 0.357. The average Bonchev–Trinajstić information content (AvgIpc) is 3.54. The molecule has 8 heteroatoms. The highest BCUT2D eigenvalue weighted by Gasteiger charge is 2.36. The molecule has 2 fully saturated rings. The Bertz CT molecular complexity index is 1380. The molecule has 1 aliphatic carbocycles. The number of nitrogens with zero attached hydrogens (tertiary/aromatic N) is 4. The van der Waals surface area contributed by atoms with Crippen LogP contribution in [0.25, 0.3) is 11.0 Å². The Morgan fingerprint density at radius 3 is 2.75 bits per heavy atom. The van der Waals surface area contributed by atoms with Crippen LogP contribution in [0.4, 0.5) is 5.82 Å². The topological polar surface area (TPSA) is 106 Å². The summed E-state index contributed by atoms with van der Waals surface area (Å²) in [7, 11) is 0. The maximum atomic E-state index is 13.6. The zero-order valence-corrected chi connectivity index (χ0v) is 20.4. The summed E-state index contributed by atoms with van der Waals surface area (Å²) in [5.74, 6) is 6.84. The Morgan fingerprint density at radius 2 is 2.03 bits per heavy atom. The molecule has 8 nitrogen and oxygen atoms in total. The number of rotatable bonds is 6. The van der Waals surface area contributed by atoms with Crippen LogP contribution in [0.2, 0.25) is 0 Å². The number of aromatic nitrogens is 3. The van der Waals surface area contributed by atoms with Crippen LogP contribution in [-0.2, 0) is 11.2 Å². The summed E-state index contributed by atoms with van der Waals surface area (Å²) in [5, 5.41) is 3.56. The monoisotopic (exact) mass is 482 g/mol. The van der Waals surface area contributed by atoms with Crippen molar-refractivity contribution in [3.05, 3.63) is 66.1 Å². The Labute approximate surface area is 210 Å². The van der Waals surface area contributed by atoms with E-state index >= 15 is 0 Å². The molecule has 1 saturated heterocycles. The third-order valence-electron chi connectivity index (χ3n) is 6.93. The van der Waals surface area contributed by atoms with E-state index in [0.717, 1.165) is 18.4 Å². The van der Waals surface area contributed by atoms with Crippen molar-refractivity contribution < 1.29 is 9.59 Å². The van der Waals surface area contributed by atoms with Gasteiger partial charge in [0.05, 0.1) is 17.0 Å². The normalized spacial score (nSPS) is 19.1. The largest absolute Gasteiger partial charge is 0.383 e. The molecular weight excluding hydrogens is 452 g/mol. The van der Waals surface area contributed by atoms with E-state index in [0.29, 0.717) is 54.1 Å². The molecule has 0 unspecified atom stereocenters. The smallest absolute Gasteiger partial charge is 0.254 e. The first-order valence-electron chi connectivity index (χ1n) is 12.4. The van der Waals surface area contributed by atoms with Crippen LogP contribution in [0.1, 0.15) is 53.8 Å². The SMILES string of the molecule is C=CC(=O)N1C[C@H](n2c(C#CC3CC3)c(C(=O)NCCc3ccccc3)c3c(N)ncnc32)C[C@@H]1C. The van der Waals surface area contributed by atoms with Gasteiger partial charge in [-0.1, -0.05) is 42.8 Å². The first-order chi connectivity index (χ1) is 17.5. The number of nitrogens with one attached hydrogen (secondary N) is 1. The van der Waals surface area contributed by atoms with Crippen LogP contribution < -0.4 is 11.1 Å². The van der Waals surface area contributed by atoms with Crippen LogP contribution in [0.3, 0.4) is 0 Å². The summed E-state index contributed by atoms with van der Waals surface area (Å²) in [6.07, 6.45) is 6.30. The van der Waals surface area contributed by atoms with Crippen molar-refractivity contribution in [2.45, 2.75) is 44.7 Å². The Hall–Kier alpha value is -4.12. The summed E-state index contributed by atoms with van der Waals surface area (Å²) in [6.45, 7) is 6.61. The molecule has 1 aromatic carbocycles. The van der Waals surface area contributed by atoms with Crippen molar-refractivity contribution >= 4 is 28.7 Å². The van der Waals surface area contributed by atoms with Crippen LogP contribution in [0, 0.1) is 17.8 Å². The van der Waals surface area contributed by atoms with Crippen LogP contribution in [-0.4, -0.2) is 50.4 Å². The number of benzene rings is 1. The van der Waals surface area contributed by atoms with E-state index in [9.17, 15) is 9.59 Å². The van der Waals surface area contributed by atoms with Gasteiger partial charge in [-0.2, -0.15) is 0 Å². The maximum Gasteiger partial charge on any atom is 0.254 e. The first-order valence-corrected chi connectivity index (χ1v) is 12.4. The molecule has 2 aliphatic rings. The second-order valence-corrected chi connectivity index (χ2v) is 9.52. The Kier molecular flexibility index (Phi) is 6.47. The molecule has 0 radical (unpaired) electrons. The third-order valence-corrected chi connectivity index (χ3v) is 6.93. The van der Waals surface area contributed by atoms with Crippen LogP contribution in [0.5, 0.6) is 0 Å². The van der Waals surface area contributed by atoms with Gasteiger partial charge in [-0.3, -0.25) is 9.59 Å². The van der Waals surface area contributed by atoms with E-state index < -0.39 is 0 Å². The fourth-order valence-electron chi connectivity index (χ4n) is 4.92. The predicted octanol–water partition coefficient (Wildman–Crippen LogP) is 3.10. The summed E-state index contributed by atoms with van der Waals surface area (Å²) in [6, 6.07) is 9.93. The molecule has 3 N–H and O–H groups in total. The fourth-order valence-corrected chi connectivity index (χ4v) is 4.92. The maximum absolute atomic E-state index is 13.6. The van der Waals surface area contributed by atoms with Crippen molar-refractivity contribution in [3.63, 3.8) is 0 Å². The molecule has 184 valence electrons. The van der Waals surface area contributed by atoms with Crippen molar-refractivity contribution in [1.82, 2.24) is 24.8 Å². The Morgan fingerprint density at radius 1 is 1.25 bits per heavy atom. The minimum Gasteiger partial charge on any atom is -0.383 e. The molecule has 1 aliphatic heterocycles. The molecule has 3 aromatic rings. The number of anilines is 1. The number of nitrogens with two attached hydrogens (primary N) is 1. The molecule has 2 atom stereocenters. The van der Waals surface area contributed by atoms with Gasteiger partial charge in [0, 0.05) is 25.0 Å². The van der Waals surface area contributed by atoms with Crippen molar-refractivity contribution in [3.8, 4) is 11.8 Å². The van der Waals surface area contributed by atoms with E-state index in [-0.39, 0.29) is 29.7 Å². The standard InChI is InChI=1S/C28H30N6O2/c1-3-23(35)33-16-21(15-18(33)2)34-22(12-11-20-9-10-20)24(25-26(29)31-17-32-27(25)34)28(36)30-14-13-19-7-5-4-6-8-19/h3-8,17-18,20-21H,1,9-10,13-16H2,2H3,(H,30,36)(H2,29,31,32)/t18-,21+/m0/s1. The highest BCUT2D eigenvalue weighted by molar-refractivity contribution is 6.11. The number of amides is 2. The molecule has 5 rings (SSSR count). The number of nitrogen functional groups attached to an aromatic ring is 1. The summed E-state index contributed by atoms with van der Waals surface area (Å²) in [5.41, 5.74) is 9.03. The lowest BCUT2D eigenvalue weighted by atomic mass is 10.1. The second kappa shape index (κ2) is 9.86. The van der Waals surface area contributed by atoms with Gasteiger partial charge in [0.2, 0.25) is 5.91 Å². The molecule has 1 saturated carbocycles. The molecule has 2 amide bonds. The zero-order valence-electron chi connectivity index (χ0n) is 20.4. The van der Waals surface area contributed by atoms with E-state index in [1.54, 1.807) is 4.90 Å². The molecular formula is C28H30N6O2. The lowest BCUT2D eigenvalue weighted by molar-refractivity contribution is -0.126. The van der Waals surface area contributed by atoms with Crippen LogP contribution in [0.15, 0.2) is 49.3 Å². The van der Waals surface area contributed by atoms with Crippen LogP contribution >= 0.6 is 0 Å². The minimum atomic E-state index is -0.249.